The molecule has 0 saturated carbocycles. The molecule has 0 aliphatic heterocycles. The van der Waals surface area contributed by atoms with Crippen molar-refractivity contribution in [3.05, 3.63) is 95.3 Å². The molecule has 0 fully saturated rings. The molecule has 0 bridgehead atoms. The SMILES string of the molecule is Fc1cc(F)cc(COc2ccc(C=NNc3ccccc3)cc2F)c1. The zero-order chi connectivity index (χ0) is 18.4. The summed E-state index contributed by atoms with van der Waals surface area (Å²) in [4.78, 5) is 0. The lowest BCUT2D eigenvalue weighted by Crippen LogP contribution is -1.99. The molecule has 0 unspecified atom stereocenters. The average molecular weight is 356 g/mol. The minimum atomic E-state index is -0.707. The van der Waals surface area contributed by atoms with Gasteiger partial charge in [0, 0.05) is 6.07 Å². The molecule has 3 aromatic rings. The second-order valence-electron chi connectivity index (χ2n) is 5.49. The maximum Gasteiger partial charge on any atom is 0.165 e. The van der Waals surface area contributed by atoms with Gasteiger partial charge in [-0.3, -0.25) is 5.43 Å². The summed E-state index contributed by atoms with van der Waals surface area (Å²) in [6.07, 6.45) is 1.47. The van der Waals surface area contributed by atoms with Crippen LogP contribution in [0.15, 0.2) is 71.8 Å². The second-order valence-corrected chi connectivity index (χ2v) is 5.49. The third kappa shape index (κ3) is 4.86. The quantitative estimate of drug-likeness (QED) is 0.491. The van der Waals surface area contributed by atoms with Gasteiger partial charge in [-0.1, -0.05) is 18.2 Å². The van der Waals surface area contributed by atoms with E-state index in [1.807, 2.05) is 30.3 Å². The van der Waals surface area contributed by atoms with Crippen LogP contribution in [0.25, 0.3) is 0 Å². The molecule has 0 spiro atoms. The molecular weight excluding hydrogens is 341 g/mol. The minimum Gasteiger partial charge on any atom is -0.486 e. The van der Waals surface area contributed by atoms with Crippen molar-refractivity contribution in [2.24, 2.45) is 5.10 Å². The Morgan fingerprint density at radius 1 is 0.885 bits per heavy atom. The zero-order valence-corrected chi connectivity index (χ0v) is 13.6. The number of hydrogen-bond acceptors (Lipinski definition) is 3. The molecule has 0 heterocycles. The van der Waals surface area contributed by atoms with E-state index in [2.05, 4.69) is 10.5 Å². The Balaban J connectivity index is 1.62. The van der Waals surface area contributed by atoms with Crippen LogP contribution in [0, 0.1) is 17.5 Å². The number of hydrazone groups is 1. The first-order valence-corrected chi connectivity index (χ1v) is 7.81. The van der Waals surface area contributed by atoms with Crippen molar-refractivity contribution in [1.82, 2.24) is 0 Å². The minimum absolute atomic E-state index is 0.0113. The van der Waals surface area contributed by atoms with Crippen LogP contribution in [0.5, 0.6) is 5.75 Å². The van der Waals surface area contributed by atoms with E-state index >= 15 is 0 Å². The molecule has 3 aromatic carbocycles. The first-order valence-electron chi connectivity index (χ1n) is 7.81. The van der Waals surface area contributed by atoms with Gasteiger partial charge in [0.2, 0.25) is 0 Å². The van der Waals surface area contributed by atoms with E-state index in [0.29, 0.717) is 5.56 Å². The normalized spacial score (nSPS) is 10.9. The number of nitrogens with one attached hydrogen (secondary N) is 1. The van der Waals surface area contributed by atoms with Gasteiger partial charge in [-0.15, -0.1) is 0 Å². The third-order valence-electron chi connectivity index (χ3n) is 3.45. The van der Waals surface area contributed by atoms with Gasteiger partial charge in [0.05, 0.1) is 11.9 Å². The van der Waals surface area contributed by atoms with Gasteiger partial charge in [0.1, 0.15) is 18.2 Å². The van der Waals surface area contributed by atoms with Crippen LogP contribution < -0.4 is 10.2 Å². The first kappa shape index (κ1) is 17.5. The molecule has 132 valence electrons. The van der Waals surface area contributed by atoms with Gasteiger partial charge in [0.15, 0.2) is 11.6 Å². The highest BCUT2D eigenvalue weighted by molar-refractivity contribution is 5.80. The number of para-hydroxylation sites is 1. The van der Waals surface area contributed by atoms with E-state index in [1.165, 1.54) is 18.3 Å². The summed E-state index contributed by atoms with van der Waals surface area (Å²) >= 11 is 0. The van der Waals surface area contributed by atoms with Gasteiger partial charge >= 0.3 is 0 Å². The van der Waals surface area contributed by atoms with Crippen molar-refractivity contribution in [2.45, 2.75) is 6.61 Å². The van der Waals surface area contributed by atoms with Crippen molar-refractivity contribution >= 4 is 11.9 Å². The molecule has 0 aliphatic carbocycles. The van der Waals surface area contributed by atoms with E-state index in [-0.39, 0.29) is 17.9 Å². The molecule has 6 heteroatoms. The van der Waals surface area contributed by atoms with Crippen molar-refractivity contribution in [2.75, 3.05) is 5.43 Å². The van der Waals surface area contributed by atoms with Crippen LogP contribution in [-0.4, -0.2) is 6.21 Å². The Bertz CT molecular complexity index is 894. The highest BCUT2D eigenvalue weighted by Gasteiger charge is 2.06. The van der Waals surface area contributed by atoms with Crippen molar-refractivity contribution < 1.29 is 17.9 Å². The Kier molecular flexibility index (Phi) is 5.53. The molecule has 0 aromatic heterocycles. The fourth-order valence-electron chi connectivity index (χ4n) is 2.26. The van der Waals surface area contributed by atoms with E-state index in [0.717, 1.165) is 23.9 Å². The number of benzene rings is 3. The van der Waals surface area contributed by atoms with Crippen LogP contribution in [0.3, 0.4) is 0 Å². The van der Waals surface area contributed by atoms with Gasteiger partial charge in [-0.25, -0.2) is 13.2 Å². The Labute approximate surface area is 148 Å². The number of hydrogen-bond donors (Lipinski definition) is 1. The molecule has 3 nitrogen and oxygen atoms in total. The average Bonchev–Trinajstić information content (AvgIpc) is 2.61. The molecule has 3 rings (SSSR count). The number of rotatable bonds is 6. The van der Waals surface area contributed by atoms with Gasteiger partial charge in [-0.2, -0.15) is 5.10 Å². The van der Waals surface area contributed by atoms with Gasteiger partial charge in [0.25, 0.3) is 0 Å². The second kappa shape index (κ2) is 8.20. The monoisotopic (exact) mass is 356 g/mol. The molecule has 26 heavy (non-hydrogen) atoms. The largest absolute Gasteiger partial charge is 0.486 e. The lowest BCUT2D eigenvalue weighted by Gasteiger charge is -2.08. The Morgan fingerprint density at radius 3 is 2.31 bits per heavy atom. The van der Waals surface area contributed by atoms with Gasteiger partial charge < -0.3 is 4.74 Å². The highest BCUT2D eigenvalue weighted by Crippen LogP contribution is 2.20. The van der Waals surface area contributed by atoms with Crippen molar-refractivity contribution in [3.63, 3.8) is 0 Å². The molecular formula is C20H15F3N2O. The smallest absolute Gasteiger partial charge is 0.165 e. The fraction of sp³-hybridized carbons (Fsp3) is 0.0500. The summed E-state index contributed by atoms with van der Waals surface area (Å²) in [6.45, 7) is -0.144. The van der Waals surface area contributed by atoms with Crippen LogP contribution in [0.4, 0.5) is 18.9 Å². The van der Waals surface area contributed by atoms with E-state index in [4.69, 9.17) is 4.74 Å². The summed E-state index contributed by atoms with van der Waals surface area (Å²) in [7, 11) is 0. The zero-order valence-electron chi connectivity index (χ0n) is 13.6. The standard InChI is InChI=1S/C20H15F3N2O/c21-16-8-15(9-17(22)11-16)13-26-20-7-6-14(10-19(20)23)12-24-25-18-4-2-1-3-5-18/h1-12,25H,13H2. The lowest BCUT2D eigenvalue weighted by atomic mass is 10.2. The van der Waals surface area contributed by atoms with Crippen LogP contribution in [0.1, 0.15) is 11.1 Å². The maximum absolute atomic E-state index is 14.1. The molecule has 0 saturated heterocycles. The number of nitrogens with zero attached hydrogens (tertiary/aromatic N) is 1. The summed E-state index contributed by atoms with van der Waals surface area (Å²) in [5, 5.41) is 4.03. The highest BCUT2D eigenvalue weighted by atomic mass is 19.1. The molecule has 1 N–H and O–H groups in total. The summed E-state index contributed by atoms with van der Waals surface area (Å²) in [5.41, 5.74) is 4.46. The Hall–Kier alpha value is -3.28. The predicted molar refractivity (Wildman–Crippen MR) is 94.7 cm³/mol. The van der Waals surface area contributed by atoms with Crippen LogP contribution in [-0.2, 0) is 6.61 Å². The van der Waals surface area contributed by atoms with Crippen molar-refractivity contribution in [3.8, 4) is 5.75 Å². The molecule has 0 amide bonds. The number of ether oxygens (including phenoxy) is 1. The summed E-state index contributed by atoms with van der Waals surface area (Å²) in [6, 6.07) is 16.7. The number of halogens is 3. The van der Waals surface area contributed by atoms with E-state index < -0.39 is 17.5 Å². The molecule has 0 radical (unpaired) electrons. The van der Waals surface area contributed by atoms with E-state index in [1.54, 1.807) is 6.07 Å². The van der Waals surface area contributed by atoms with Gasteiger partial charge in [-0.05, 0) is 53.6 Å². The summed E-state index contributed by atoms with van der Waals surface area (Å²) < 4.78 is 45.7. The molecule has 0 atom stereocenters. The maximum atomic E-state index is 14.1. The number of anilines is 1. The topological polar surface area (TPSA) is 33.6 Å². The van der Waals surface area contributed by atoms with Crippen LogP contribution >= 0.6 is 0 Å². The Morgan fingerprint density at radius 2 is 1.62 bits per heavy atom. The fourth-order valence-corrected chi connectivity index (χ4v) is 2.26. The molecule has 0 aliphatic rings. The lowest BCUT2D eigenvalue weighted by molar-refractivity contribution is 0.289. The first-order chi connectivity index (χ1) is 12.6. The van der Waals surface area contributed by atoms with Crippen LogP contribution in [0.2, 0.25) is 0 Å². The third-order valence-corrected chi connectivity index (χ3v) is 3.45. The van der Waals surface area contributed by atoms with Crippen molar-refractivity contribution in [1.29, 1.82) is 0 Å². The summed E-state index contributed by atoms with van der Waals surface area (Å²) in [5.74, 6) is -2.02. The predicted octanol–water partition coefficient (Wildman–Crippen LogP) is 5.13. The van der Waals surface area contributed by atoms with E-state index in [9.17, 15) is 13.2 Å².